The fourth-order valence-electron chi connectivity index (χ4n) is 2.87. The molecule has 2 aromatic carbocycles. The highest BCUT2D eigenvalue weighted by atomic mass is 35.5. The average molecular weight is 411 g/mol. The number of hydrogen-bond donors (Lipinski definition) is 2. The number of carbonyl (C=O) groups excluding carboxylic acids is 1. The Morgan fingerprint density at radius 1 is 1.07 bits per heavy atom. The van der Waals surface area contributed by atoms with Crippen molar-refractivity contribution < 1.29 is 13.7 Å². The minimum atomic E-state index is -0.352. The van der Waals surface area contributed by atoms with E-state index in [0.717, 1.165) is 16.6 Å². The van der Waals surface area contributed by atoms with Gasteiger partial charge in [-0.3, -0.25) is 9.78 Å². The summed E-state index contributed by atoms with van der Waals surface area (Å²) in [6.45, 7) is 0.894. The van der Waals surface area contributed by atoms with Crippen molar-refractivity contribution in [3.05, 3.63) is 77.3 Å². The minimum Gasteiger partial charge on any atom is -0.383 e. The molecule has 4 aromatic rings. The molecule has 0 radical (unpaired) electrons. The van der Waals surface area contributed by atoms with Crippen molar-refractivity contribution in [1.29, 1.82) is 0 Å². The molecule has 0 unspecified atom stereocenters. The molecule has 29 heavy (non-hydrogen) atoms. The van der Waals surface area contributed by atoms with Crippen molar-refractivity contribution in [2.75, 3.05) is 18.4 Å². The predicted octanol–water partition coefficient (Wildman–Crippen LogP) is 4.52. The zero-order valence-electron chi connectivity index (χ0n) is 15.2. The second-order valence-corrected chi connectivity index (χ2v) is 6.72. The van der Waals surface area contributed by atoms with Gasteiger partial charge in [-0.2, -0.15) is 0 Å². The van der Waals surface area contributed by atoms with E-state index in [4.69, 9.17) is 16.1 Å². The van der Waals surface area contributed by atoms with Crippen LogP contribution in [0, 0.1) is 5.82 Å². The maximum atomic E-state index is 13.0. The smallest absolute Gasteiger partial charge is 0.273 e. The second kappa shape index (κ2) is 8.28. The summed E-state index contributed by atoms with van der Waals surface area (Å²) in [7, 11) is 0. The number of pyridine rings is 1. The summed E-state index contributed by atoms with van der Waals surface area (Å²) in [5, 5.41) is 11.4. The Balaban J connectivity index is 1.33. The zero-order chi connectivity index (χ0) is 20.2. The number of halogens is 2. The third-order valence-corrected chi connectivity index (χ3v) is 4.54. The van der Waals surface area contributed by atoms with E-state index >= 15 is 0 Å². The Kier molecular flexibility index (Phi) is 5.39. The molecule has 0 fully saturated rings. The molecule has 0 saturated carbocycles. The van der Waals surface area contributed by atoms with Gasteiger partial charge < -0.3 is 15.2 Å². The fraction of sp³-hybridized carbons (Fsp3) is 0.0952. The van der Waals surface area contributed by atoms with Gasteiger partial charge in [-0.25, -0.2) is 4.39 Å². The van der Waals surface area contributed by atoms with Crippen molar-refractivity contribution in [2.24, 2.45) is 0 Å². The lowest BCUT2D eigenvalue weighted by Gasteiger charge is -2.10. The number of hydrogen-bond acceptors (Lipinski definition) is 5. The molecule has 2 aromatic heterocycles. The SMILES string of the molecule is O=C(NCCNc1ccnc2cc(Cl)ccc12)c1cc(-c2ccc(F)cc2)on1. The van der Waals surface area contributed by atoms with Crippen molar-refractivity contribution in [2.45, 2.75) is 0 Å². The number of aromatic nitrogens is 2. The highest BCUT2D eigenvalue weighted by molar-refractivity contribution is 6.31. The molecule has 146 valence electrons. The maximum absolute atomic E-state index is 13.0. The first-order chi connectivity index (χ1) is 14.1. The normalized spacial score (nSPS) is 10.8. The molecule has 0 saturated heterocycles. The molecule has 0 bridgehead atoms. The van der Waals surface area contributed by atoms with E-state index in [2.05, 4.69) is 20.8 Å². The third-order valence-electron chi connectivity index (χ3n) is 4.30. The number of nitrogens with zero attached hydrogens (tertiary/aromatic N) is 2. The van der Waals surface area contributed by atoms with Gasteiger partial charge in [0.05, 0.1) is 5.52 Å². The number of nitrogens with one attached hydrogen (secondary N) is 2. The van der Waals surface area contributed by atoms with E-state index in [-0.39, 0.29) is 17.4 Å². The van der Waals surface area contributed by atoms with Gasteiger partial charge in [-0.1, -0.05) is 16.8 Å². The van der Waals surface area contributed by atoms with Gasteiger partial charge in [0.2, 0.25) is 0 Å². The lowest BCUT2D eigenvalue weighted by Crippen LogP contribution is -2.29. The molecular weight excluding hydrogens is 395 g/mol. The summed E-state index contributed by atoms with van der Waals surface area (Å²) in [5.41, 5.74) is 2.50. The van der Waals surface area contributed by atoms with Crippen LogP contribution in [0.15, 0.2) is 65.3 Å². The van der Waals surface area contributed by atoms with Gasteiger partial charge in [0.1, 0.15) is 5.82 Å². The van der Waals surface area contributed by atoms with Crippen LogP contribution in [0.2, 0.25) is 5.02 Å². The van der Waals surface area contributed by atoms with E-state index < -0.39 is 0 Å². The largest absolute Gasteiger partial charge is 0.383 e. The second-order valence-electron chi connectivity index (χ2n) is 6.29. The summed E-state index contributed by atoms with van der Waals surface area (Å²) < 4.78 is 18.2. The molecule has 0 aliphatic heterocycles. The Labute approximate surface area is 170 Å². The van der Waals surface area contributed by atoms with Gasteiger partial charge in [0.15, 0.2) is 11.5 Å². The molecular formula is C21H16ClFN4O2. The maximum Gasteiger partial charge on any atom is 0.273 e. The first-order valence-electron chi connectivity index (χ1n) is 8.89. The van der Waals surface area contributed by atoms with E-state index in [1.807, 2.05) is 18.2 Å². The van der Waals surface area contributed by atoms with Crippen LogP contribution in [-0.4, -0.2) is 29.1 Å². The molecule has 0 aliphatic rings. The van der Waals surface area contributed by atoms with Crippen LogP contribution >= 0.6 is 11.6 Å². The van der Waals surface area contributed by atoms with Crippen molar-refractivity contribution in [3.8, 4) is 11.3 Å². The average Bonchev–Trinajstić information content (AvgIpc) is 3.21. The number of rotatable bonds is 6. The first-order valence-corrected chi connectivity index (χ1v) is 9.27. The summed E-state index contributed by atoms with van der Waals surface area (Å²) in [5.74, 6) is -0.297. The molecule has 1 amide bonds. The molecule has 0 aliphatic carbocycles. The molecule has 6 nitrogen and oxygen atoms in total. The number of fused-ring (bicyclic) bond motifs is 1. The Bertz CT molecular complexity index is 1160. The number of amides is 1. The van der Waals surface area contributed by atoms with Crippen LogP contribution < -0.4 is 10.6 Å². The topological polar surface area (TPSA) is 80.0 Å². The zero-order valence-corrected chi connectivity index (χ0v) is 15.9. The molecule has 2 heterocycles. The van der Waals surface area contributed by atoms with Crippen molar-refractivity contribution in [1.82, 2.24) is 15.5 Å². The lowest BCUT2D eigenvalue weighted by molar-refractivity contribution is 0.0946. The first kappa shape index (κ1) is 18.9. The molecule has 0 spiro atoms. The summed E-state index contributed by atoms with van der Waals surface area (Å²) in [6.07, 6.45) is 1.70. The Morgan fingerprint density at radius 2 is 1.90 bits per heavy atom. The molecule has 4 rings (SSSR count). The highest BCUT2D eigenvalue weighted by Gasteiger charge is 2.13. The van der Waals surface area contributed by atoms with E-state index in [1.165, 1.54) is 18.2 Å². The van der Waals surface area contributed by atoms with Crippen molar-refractivity contribution >= 4 is 34.1 Å². The van der Waals surface area contributed by atoms with Gasteiger partial charge in [-0.05, 0) is 48.5 Å². The molecule has 8 heteroatoms. The van der Waals surface area contributed by atoms with E-state index in [9.17, 15) is 9.18 Å². The molecule has 0 atom stereocenters. The number of benzene rings is 2. The van der Waals surface area contributed by atoms with Crippen LogP contribution in [0.1, 0.15) is 10.5 Å². The van der Waals surface area contributed by atoms with Gasteiger partial charge in [0.25, 0.3) is 5.91 Å². The van der Waals surface area contributed by atoms with Crippen molar-refractivity contribution in [3.63, 3.8) is 0 Å². The van der Waals surface area contributed by atoms with Crippen LogP contribution in [0.4, 0.5) is 10.1 Å². The third kappa shape index (κ3) is 4.35. The minimum absolute atomic E-state index is 0.160. The number of anilines is 1. The van der Waals surface area contributed by atoms with Gasteiger partial charge >= 0.3 is 0 Å². The standard InChI is InChI=1S/C21H16ClFN4O2/c22-14-3-6-16-17(7-8-24-18(16)11-14)25-9-10-26-21(28)19-12-20(29-27-19)13-1-4-15(23)5-2-13/h1-8,11-12H,9-10H2,(H,24,25)(H,26,28). The van der Waals surface area contributed by atoms with E-state index in [0.29, 0.717) is 29.4 Å². The van der Waals surface area contributed by atoms with Crippen LogP contribution in [0.25, 0.3) is 22.2 Å². The monoisotopic (exact) mass is 410 g/mol. The Morgan fingerprint density at radius 3 is 2.72 bits per heavy atom. The van der Waals surface area contributed by atoms with Crippen LogP contribution in [0.3, 0.4) is 0 Å². The number of carbonyl (C=O) groups is 1. The Hall–Kier alpha value is -3.45. The highest BCUT2D eigenvalue weighted by Crippen LogP contribution is 2.24. The van der Waals surface area contributed by atoms with Crippen LogP contribution in [0.5, 0.6) is 0 Å². The molecule has 2 N–H and O–H groups in total. The predicted molar refractivity (Wildman–Crippen MR) is 109 cm³/mol. The van der Waals surface area contributed by atoms with Gasteiger partial charge in [-0.15, -0.1) is 0 Å². The fourth-order valence-corrected chi connectivity index (χ4v) is 3.04. The van der Waals surface area contributed by atoms with Gasteiger partial charge in [0, 0.05) is 47.0 Å². The summed E-state index contributed by atoms with van der Waals surface area (Å²) >= 11 is 6.00. The quantitative estimate of drug-likeness (QED) is 0.457. The summed E-state index contributed by atoms with van der Waals surface area (Å²) in [4.78, 5) is 16.6. The van der Waals surface area contributed by atoms with E-state index in [1.54, 1.807) is 24.4 Å². The lowest BCUT2D eigenvalue weighted by atomic mass is 10.1. The van der Waals surface area contributed by atoms with Crippen LogP contribution in [-0.2, 0) is 0 Å². The summed E-state index contributed by atoms with van der Waals surface area (Å²) in [6, 6.07) is 14.7.